The summed E-state index contributed by atoms with van der Waals surface area (Å²) in [7, 11) is 3.86. The van der Waals surface area contributed by atoms with Gasteiger partial charge in [-0.2, -0.15) is 0 Å². The van der Waals surface area contributed by atoms with Gasteiger partial charge in [0.15, 0.2) is 0 Å². The second-order valence-corrected chi connectivity index (χ2v) is 3.09. The van der Waals surface area contributed by atoms with Gasteiger partial charge in [-0.15, -0.1) is 0 Å². The summed E-state index contributed by atoms with van der Waals surface area (Å²) in [5, 5.41) is 8.67. The van der Waals surface area contributed by atoms with Crippen molar-refractivity contribution in [3.8, 4) is 0 Å². The molecule has 1 heterocycles. The minimum Gasteiger partial charge on any atom is -0.477 e. The van der Waals surface area contributed by atoms with Crippen molar-refractivity contribution in [1.29, 1.82) is 0 Å². The second-order valence-electron chi connectivity index (χ2n) is 3.09. The van der Waals surface area contributed by atoms with Crippen LogP contribution in [0.25, 0.3) is 0 Å². The molecule has 0 aliphatic heterocycles. The number of aromatic nitrogens is 1. The minimum atomic E-state index is -0.986. The summed E-state index contributed by atoms with van der Waals surface area (Å²) < 4.78 is 0. The third kappa shape index (κ3) is 2.83. The van der Waals surface area contributed by atoms with E-state index in [1.165, 1.54) is 6.20 Å². The largest absolute Gasteiger partial charge is 0.477 e. The summed E-state index contributed by atoms with van der Waals surface area (Å²) in [6, 6.07) is 3.40. The van der Waals surface area contributed by atoms with Crippen molar-refractivity contribution in [2.75, 3.05) is 14.1 Å². The molecule has 0 saturated heterocycles. The van der Waals surface area contributed by atoms with E-state index in [4.69, 9.17) is 5.11 Å². The lowest BCUT2D eigenvalue weighted by atomic mass is 10.2. The maximum Gasteiger partial charge on any atom is 0.354 e. The molecule has 0 atom stereocenters. The smallest absolute Gasteiger partial charge is 0.354 e. The Bertz CT molecular complexity index is 310. The highest BCUT2D eigenvalue weighted by Gasteiger charge is 2.04. The van der Waals surface area contributed by atoms with Crippen LogP contribution in [0.3, 0.4) is 0 Å². The fraction of sp³-hybridized carbons (Fsp3) is 0.333. The van der Waals surface area contributed by atoms with Crippen molar-refractivity contribution < 1.29 is 9.90 Å². The van der Waals surface area contributed by atoms with E-state index in [-0.39, 0.29) is 5.69 Å². The van der Waals surface area contributed by atoms with Crippen LogP contribution in [-0.4, -0.2) is 35.1 Å². The average molecular weight is 180 g/mol. The lowest BCUT2D eigenvalue weighted by Gasteiger charge is -2.09. The number of rotatable bonds is 3. The average Bonchev–Trinajstić information content (AvgIpc) is 2.03. The summed E-state index contributed by atoms with van der Waals surface area (Å²) >= 11 is 0. The molecule has 0 unspecified atom stereocenters. The quantitative estimate of drug-likeness (QED) is 0.749. The molecule has 70 valence electrons. The SMILES string of the molecule is CN(C)Cc1ccnc(C(=O)O)c1. The second kappa shape index (κ2) is 4.00. The molecule has 1 aromatic heterocycles. The molecule has 0 fully saturated rings. The normalized spacial score (nSPS) is 10.4. The van der Waals surface area contributed by atoms with Gasteiger partial charge in [-0.1, -0.05) is 0 Å². The van der Waals surface area contributed by atoms with Crippen LogP contribution in [0.1, 0.15) is 16.1 Å². The predicted octanol–water partition coefficient (Wildman–Crippen LogP) is 0.841. The number of hydrogen-bond acceptors (Lipinski definition) is 3. The van der Waals surface area contributed by atoms with Crippen LogP contribution < -0.4 is 0 Å². The zero-order chi connectivity index (χ0) is 9.84. The van der Waals surface area contributed by atoms with E-state index in [0.29, 0.717) is 0 Å². The fourth-order valence-corrected chi connectivity index (χ4v) is 1.05. The lowest BCUT2D eigenvalue weighted by Crippen LogP contribution is -2.11. The standard InChI is InChI=1S/C9H12N2O2/c1-11(2)6-7-3-4-10-8(5-7)9(12)13/h3-5H,6H2,1-2H3,(H,12,13). The zero-order valence-electron chi connectivity index (χ0n) is 7.69. The van der Waals surface area contributed by atoms with Crippen LogP contribution in [0.2, 0.25) is 0 Å². The van der Waals surface area contributed by atoms with Gasteiger partial charge < -0.3 is 10.0 Å². The molecule has 4 nitrogen and oxygen atoms in total. The van der Waals surface area contributed by atoms with Crippen LogP contribution in [0.4, 0.5) is 0 Å². The van der Waals surface area contributed by atoms with Crippen LogP contribution >= 0.6 is 0 Å². The molecule has 13 heavy (non-hydrogen) atoms. The van der Waals surface area contributed by atoms with Crippen molar-refractivity contribution in [2.24, 2.45) is 0 Å². The summed E-state index contributed by atoms with van der Waals surface area (Å²) in [6.45, 7) is 0.725. The van der Waals surface area contributed by atoms with Gasteiger partial charge in [0.05, 0.1) is 0 Å². The summed E-state index contributed by atoms with van der Waals surface area (Å²) in [5.41, 5.74) is 1.05. The Labute approximate surface area is 76.8 Å². The molecule has 4 heteroatoms. The van der Waals surface area contributed by atoms with E-state index in [1.807, 2.05) is 25.1 Å². The Morgan fingerprint density at radius 1 is 1.62 bits per heavy atom. The van der Waals surface area contributed by atoms with Gasteiger partial charge >= 0.3 is 5.97 Å². The van der Waals surface area contributed by atoms with E-state index in [0.717, 1.165) is 12.1 Å². The molecule has 0 radical (unpaired) electrons. The van der Waals surface area contributed by atoms with Crippen molar-refractivity contribution in [2.45, 2.75) is 6.54 Å². The van der Waals surface area contributed by atoms with E-state index < -0.39 is 5.97 Å². The molecule has 0 aromatic carbocycles. The van der Waals surface area contributed by atoms with Gasteiger partial charge in [-0.3, -0.25) is 0 Å². The minimum absolute atomic E-state index is 0.0966. The predicted molar refractivity (Wildman–Crippen MR) is 48.6 cm³/mol. The maximum absolute atomic E-state index is 10.6. The highest BCUT2D eigenvalue weighted by atomic mass is 16.4. The topological polar surface area (TPSA) is 53.4 Å². The van der Waals surface area contributed by atoms with E-state index in [1.54, 1.807) is 6.07 Å². The first kappa shape index (κ1) is 9.67. The monoisotopic (exact) mass is 180 g/mol. The van der Waals surface area contributed by atoms with Crippen LogP contribution in [-0.2, 0) is 6.54 Å². The van der Waals surface area contributed by atoms with Gasteiger partial charge in [0.2, 0.25) is 0 Å². The molecule has 0 spiro atoms. The Kier molecular flexibility index (Phi) is 2.97. The van der Waals surface area contributed by atoms with Crippen LogP contribution in [0, 0.1) is 0 Å². The third-order valence-electron chi connectivity index (χ3n) is 1.54. The lowest BCUT2D eigenvalue weighted by molar-refractivity contribution is 0.0690. The fourth-order valence-electron chi connectivity index (χ4n) is 1.05. The van der Waals surface area contributed by atoms with Crippen LogP contribution in [0.5, 0.6) is 0 Å². The number of aromatic carboxylic acids is 1. The zero-order valence-corrected chi connectivity index (χ0v) is 7.69. The molecule has 1 aromatic rings. The highest BCUT2D eigenvalue weighted by Crippen LogP contribution is 2.03. The molecule has 1 rings (SSSR count). The first-order valence-electron chi connectivity index (χ1n) is 3.92. The number of hydrogen-bond donors (Lipinski definition) is 1. The van der Waals surface area contributed by atoms with Gasteiger partial charge in [-0.05, 0) is 31.8 Å². The van der Waals surface area contributed by atoms with Gasteiger partial charge in [0.25, 0.3) is 0 Å². The number of nitrogens with zero attached hydrogens (tertiary/aromatic N) is 2. The first-order chi connectivity index (χ1) is 6.09. The molecule has 0 amide bonds. The number of carbonyl (C=O) groups is 1. The number of pyridine rings is 1. The Morgan fingerprint density at radius 2 is 2.31 bits per heavy atom. The Hall–Kier alpha value is -1.42. The van der Waals surface area contributed by atoms with Crippen LogP contribution in [0.15, 0.2) is 18.3 Å². The third-order valence-corrected chi connectivity index (χ3v) is 1.54. The molecular formula is C9H12N2O2. The maximum atomic E-state index is 10.6. The van der Waals surface area contributed by atoms with Crippen molar-refractivity contribution in [3.05, 3.63) is 29.6 Å². The summed E-state index contributed by atoms with van der Waals surface area (Å²) in [6.07, 6.45) is 1.52. The number of carboxylic acids is 1. The molecule has 0 aliphatic carbocycles. The number of carboxylic acid groups (broad SMARTS) is 1. The summed E-state index contributed by atoms with van der Waals surface area (Å²) in [4.78, 5) is 16.3. The van der Waals surface area contributed by atoms with Gasteiger partial charge in [0, 0.05) is 12.7 Å². The van der Waals surface area contributed by atoms with Crippen molar-refractivity contribution >= 4 is 5.97 Å². The van der Waals surface area contributed by atoms with Gasteiger partial charge in [0.1, 0.15) is 5.69 Å². The van der Waals surface area contributed by atoms with E-state index >= 15 is 0 Å². The molecule has 0 saturated carbocycles. The van der Waals surface area contributed by atoms with Crippen molar-refractivity contribution in [3.63, 3.8) is 0 Å². The van der Waals surface area contributed by atoms with E-state index in [2.05, 4.69) is 4.98 Å². The molecule has 1 N–H and O–H groups in total. The first-order valence-corrected chi connectivity index (χ1v) is 3.92. The molecular weight excluding hydrogens is 168 g/mol. The molecule has 0 bridgehead atoms. The summed E-state index contributed by atoms with van der Waals surface area (Å²) in [5.74, 6) is -0.986. The van der Waals surface area contributed by atoms with E-state index in [9.17, 15) is 4.79 Å². The Balaban J connectivity index is 2.85. The molecule has 0 aliphatic rings. The van der Waals surface area contributed by atoms with Gasteiger partial charge in [-0.25, -0.2) is 9.78 Å². The van der Waals surface area contributed by atoms with Crippen molar-refractivity contribution in [1.82, 2.24) is 9.88 Å². The highest BCUT2D eigenvalue weighted by molar-refractivity contribution is 5.85. The Morgan fingerprint density at radius 3 is 2.85 bits per heavy atom.